The van der Waals surface area contributed by atoms with Gasteiger partial charge in [0.05, 0.1) is 13.7 Å². The van der Waals surface area contributed by atoms with Crippen LogP contribution in [0.1, 0.15) is 91.9 Å². The molecule has 0 aromatic heterocycles. The zero-order valence-electron chi connectivity index (χ0n) is 23.0. The van der Waals surface area contributed by atoms with Gasteiger partial charge in [-0.25, -0.2) is 4.79 Å². The molecule has 0 unspecified atom stereocenters. The average Bonchev–Trinajstić information content (AvgIpc) is 3.31. The van der Waals surface area contributed by atoms with Gasteiger partial charge >= 0.3 is 11.9 Å². The molecule has 0 amide bonds. The summed E-state index contributed by atoms with van der Waals surface area (Å²) in [6.45, 7) is 13.9. The fraction of sp³-hybridized carbons (Fsp3) is 0.806. The highest BCUT2D eigenvalue weighted by molar-refractivity contribution is 5.91. The Morgan fingerprint density at radius 2 is 2.03 bits per heavy atom. The Kier molecular flexibility index (Phi) is 6.29. The van der Waals surface area contributed by atoms with E-state index in [0.29, 0.717) is 29.7 Å². The number of carbonyl (C=O) groups is 2. The topological polar surface area (TPSA) is 72.8 Å². The molecule has 1 spiro atoms. The molecule has 5 heteroatoms. The van der Waals surface area contributed by atoms with Gasteiger partial charge in [0.1, 0.15) is 6.10 Å². The Morgan fingerprint density at radius 1 is 1.28 bits per heavy atom. The van der Waals surface area contributed by atoms with E-state index in [-0.39, 0.29) is 52.2 Å². The molecule has 4 saturated carbocycles. The second-order valence-electron chi connectivity index (χ2n) is 13.5. The van der Waals surface area contributed by atoms with Gasteiger partial charge in [-0.1, -0.05) is 39.0 Å². The number of rotatable bonds is 8. The summed E-state index contributed by atoms with van der Waals surface area (Å²) < 4.78 is 11.0. The maximum Gasteiger partial charge on any atom is 0.334 e. The molecule has 4 aliphatic carbocycles. The Bertz CT molecular complexity index is 983. The average molecular weight is 499 g/mol. The molecule has 200 valence electrons. The summed E-state index contributed by atoms with van der Waals surface area (Å²) in [4.78, 5) is 24.9. The van der Waals surface area contributed by atoms with Crippen LogP contribution in [0.25, 0.3) is 0 Å². The molecule has 5 rings (SSSR count). The van der Waals surface area contributed by atoms with Crippen molar-refractivity contribution in [2.75, 3.05) is 13.7 Å². The molecule has 0 aromatic rings. The van der Waals surface area contributed by atoms with Gasteiger partial charge in [-0.3, -0.25) is 4.79 Å². The third kappa shape index (κ3) is 3.36. The predicted molar refractivity (Wildman–Crippen MR) is 139 cm³/mol. The SMILES string of the molecule is C=C1C(=O)O[C@@H]2C[C@@H]3[C@]4(CC[C@]5(C)[C@@H]([C@H](C)CCC=C(C)CO)CC[C@@]35C)C[C@]4(CCC(=O)OC)[C@H]12. The van der Waals surface area contributed by atoms with Gasteiger partial charge in [0.25, 0.3) is 0 Å². The molecule has 1 saturated heterocycles. The monoisotopic (exact) mass is 498 g/mol. The number of hydrogen-bond acceptors (Lipinski definition) is 5. The van der Waals surface area contributed by atoms with Crippen molar-refractivity contribution in [3.63, 3.8) is 0 Å². The maximum absolute atomic E-state index is 12.7. The van der Waals surface area contributed by atoms with Crippen LogP contribution < -0.4 is 0 Å². The number of fused-ring (bicyclic) bond motifs is 4. The van der Waals surface area contributed by atoms with Crippen LogP contribution in [0.15, 0.2) is 23.8 Å². The van der Waals surface area contributed by atoms with Crippen molar-refractivity contribution in [2.24, 2.45) is 45.3 Å². The molecule has 5 aliphatic rings. The first-order chi connectivity index (χ1) is 17.0. The number of allylic oxidation sites excluding steroid dienone is 1. The largest absolute Gasteiger partial charge is 0.469 e. The first kappa shape index (κ1) is 26.0. The van der Waals surface area contributed by atoms with Gasteiger partial charge in [0, 0.05) is 17.9 Å². The van der Waals surface area contributed by atoms with E-state index in [4.69, 9.17) is 9.47 Å². The molecular weight excluding hydrogens is 452 g/mol. The minimum absolute atomic E-state index is 0.0523. The van der Waals surface area contributed by atoms with Crippen LogP contribution in [0.4, 0.5) is 0 Å². The van der Waals surface area contributed by atoms with E-state index in [1.165, 1.54) is 32.8 Å². The van der Waals surface area contributed by atoms with Crippen LogP contribution in [0.3, 0.4) is 0 Å². The Morgan fingerprint density at radius 3 is 2.72 bits per heavy atom. The first-order valence-electron chi connectivity index (χ1n) is 14.2. The molecule has 5 fully saturated rings. The highest BCUT2D eigenvalue weighted by Gasteiger charge is 2.83. The molecule has 36 heavy (non-hydrogen) atoms. The van der Waals surface area contributed by atoms with Crippen LogP contribution in [0.5, 0.6) is 0 Å². The summed E-state index contributed by atoms with van der Waals surface area (Å²) in [6, 6.07) is 0. The maximum atomic E-state index is 12.7. The molecule has 1 heterocycles. The van der Waals surface area contributed by atoms with E-state index >= 15 is 0 Å². The van der Waals surface area contributed by atoms with Gasteiger partial charge < -0.3 is 14.6 Å². The number of esters is 2. The van der Waals surface area contributed by atoms with Crippen molar-refractivity contribution < 1.29 is 24.2 Å². The third-order valence-corrected chi connectivity index (χ3v) is 12.5. The second-order valence-corrected chi connectivity index (χ2v) is 13.5. The van der Waals surface area contributed by atoms with Crippen LogP contribution in [0.2, 0.25) is 0 Å². The fourth-order valence-electron chi connectivity index (χ4n) is 10.5. The number of ether oxygens (including phenoxy) is 2. The van der Waals surface area contributed by atoms with E-state index in [0.717, 1.165) is 37.7 Å². The highest BCUT2D eigenvalue weighted by Crippen LogP contribution is 2.88. The van der Waals surface area contributed by atoms with Gasteiger partial charge in [-0.05, 0) is 104 Å². The van der Waals surface area contributed by atoms with Crippen molar-refractivity contribution in [2.45, 2.75) is 98.0 Å². The molecule has 1 aliphatic heterocycles. The molecule has 5 nitrogen and oxygen atoms in total. The Labute approximate surface area is 217 Å². The highest BCUT2D eigenvalue weighted by atomic mass is 16.6. The van der Waals surface area contributed by atoms with Gasteiger partial charge in [-0.2, -0.15) is 0 Å². The van der Waals surface area contributed by atoms with E-state index in [2.05, 4.69) is 33.4 Å². The van der Waals surface area contributed by atoms with Gasteiger partial charge in [0.2, 0.25) is 0 Å². The lowest BCUT2D eigenvalue weighted by atomic mass is 9.43. The van der Waals surface area contributed by atoms with E-state index in [9.17, 15) is 14.7 Å². The molecule has 1 N–H and O–H groups in total. The number of aliphatic hydroxyl groups is 1. The zero-order valence-corrected chi connectivity index (χ0v) is 23.0. The molecule has 9 atom stereocenters. The van der Waals surface area contributed by atoms with Crippen LogP contribution >= 0.6 is 0 Å². The van der Waals surface area contributed by atoms with Crippen molar-refractivity contribution in [1.29, 1.82) is 0 Å². The minimum atomic E-state index is -0.222. The minimum Gasteiger partial charge on any atom is -0.469 e. The first-order valence-corrected chi connectivity index (χ1v) is 14.2. The fourth-order valence-corrected chi connectivity index (χ4v) is 10.5. The summed E-state index contributed by atoms with van der Waals surface area (Å²) in [5, 5.41) is 9.35. The molecule has 0 aromatic carbocycles. The standard InChI is InChI=1S/C31H46O5/c1-19(17-32)8-7-9-20(2)22-10-12-29(5)24-16-23-26(21(3)27(34)36-23)31(13-11-25(33)35-6)18-30(24,31)15-14-28(22,29)4/h8,20,22-24,26,32H,3,7,9-18H2,1-2,4-6H3/t20-,22-,23-,24+,26-,28-,29+,30+,31-/m1/s1. The summed E-state index contributed by atoms with van der Waals surface area (Å²) in [6.07, 6.45) is 12.4. The van der Waals surface area contributed by atoms with Gasteiger partial charge in [0.15, 0.2) is 0 Å². The zero-order chi connectivity index (χ0) is 26.1. The van der Waals surface area contributed by atoms with Crippen molar-refractivity contribution in [3.8, 4) is 0 Å². The molecule has 0 bridgehead atoms. The van der Waals surface area contributed by atoms with Crippen molar-refractivity contribution >= 4 is 11.9 Å². The quantitative estimate of drug-likeness (QED) is 0.252. The Hall–Kier alpha value is -1.62. The van der Waals surface area contributed by atoms with Crippen molar-refractivity contribution in [1.82, 2.24) is 0 Å². The van der Waals surface area contributed by atoms with E-state index < -0.39 is 0 Å². The normalized spacial score (nSPS) is 45.8. The van der Waals surface area contributed by atoms with Crippen LogP contribution in [-0.2, 0) is 19.1 Å². The van der Waals surface area contributed by atoms with Gasteiger partial charge in [-0.15, -0.1) is 0 Å². The number of aliphatic hydroxyl groups excluding tert-OH is 1. The number of carbonyl (C=O) groups excluding carboxylic acids is 2. The summed E-state index contributed by atoms with van der Waals surface area (Å²) >= 11 is 0. The second kappa shape index (κ2) is 8.71. The van der Waals surface area contributed by atoms with Crippen molar-refractivity contribution in [3.05, 3.63) is 23.8 Å². The third-order valence-electron chi connectivity index (χ3n) is 12.5. The number of hydrogen-bond donors (Lipinski definition) is 1. The lowest BCUT2D eigenvalue weighted by molar-refractivity contribution is -0.158. The Balaban J connectivity index is 1.43. The summed E-state index contributed by atoms with van der Waals surface area (Å²) in [5.74, 6) is 1.50. The lowest BCUT2D eigenvalue weighted by Crippen LogP contribution is -2.56. The lowest BCUT2D eigenvalue weighted by Gasteiger charge is -2.61. The van der Waals surface area contributed by atoms with Crippen LogP contribution in [-0.4, -0.2) is 36.9 Å². The summed E-state index contributed by atoms with van der Waals surface area (Å²) in [5.41, 5.74) is 2.30. The van der Waals surface area contributed by atoms with E-state index in [1.807, 2.05) is 6.92 Å². The molecule has 0 radical (unpaired) electrons. The smallest absolute Gasteiger partial charge is 0.334 e. The number of methoxy groups -OCH3 is 1. The van der Waals surface area contributed by atoms with E-state index in [1.54, 1.807) is 0 Å². The predicted octanol–water partition coefficient (Wildman–Crippen LogP) is 6.01. The molecular formula is C31H46O5. The van der Waals surface area contributed by atoms with Crippen LogP contribution in [0, 0.1) is 45.3 Å². The summed E-state index contributed by atoms with van der Waals surface area (Å²) in [7, 11) is 1.46.